The van der Waals surface area contributed by atoms with Crippen LogP contribution in [0.2, 0.25) is 0 Å². The summed E-state index contributed by atoms with van der Waals surface area (Å²) in [6.45, 7) is 1.62. The lowest BCUT2D eigenvalue weighted by Crippen LogP contribution is -2.22. The third-order valence-corrected chi connectivity index (χ3v) is 2.80. The van der Waals surface area contributed by atoms with Gasteiger partial charge in [-0.05, 0) is 17.7 Å². The third-order valence-electron chi connectivity index (χ3n) is 2.80. The quantitative estimate of drug-likeness (QED) is 0.738. The monoisotopic (exact) mass is 218 g/mol. The molecule has 0 bridgehead atoms. The first kappa shape index (κ1) is 11.1. The van der Waals surface area contributed by atoms with Crippen molar-refractivity contribution in [2.75, 3.05) is 13.1 Å². The third kappa shape index (κ3) is 2.39. The summed E-state index contributed by atoms with van der Waals surface area (Å²) in [5, 5.41) is 27.6. The van der Waals surface area contributed by atoms with Crippen molar-refractivity contribution in [3.63, 3.8) is 0 Å². The summed E-state index contributed by atoms with van der Waals surface area (Å²) < 4.78 is 0. The number of rotatable bonds is 2. The van der Waals surface area contributed by atoms with Crippen LogP contribution in [0.4, 0.5) is 0 Å². The molecule has 1 aliphatic rings. The van der Waals surface area contributed by atoms with E-state index >= 15 is 0 Å². The lowest BCUT2D eigenvalue weighted by molar-refractivity contribution is 0.0572. The number of β-amino-alcohol motifs (C(OH)–C–C–N with tert-alkyl or cyclic N) is 2. The molecule has 0 aromatic heterocycles. The summed E-state index contributed by atoms with van der Waals surface area (Å²) in [5.41, 5.74) is 1.66. The number of hydrogen-bond donors (Lipinski definition) is 2. The predicted octanol–water partition coefficient (Wildman–Crippen LogP) is 0.0957. The number of hydrogen-bond acceptors (Lipinski definition) is 4. The summed E-state index contributed by atoms with van der Waals surface area (Å²) in [6, 6.07) is 9.47. The van der Waals surface area contributed by atoms with Crippen molar-refractivity contribution >= 4 is 0 Å². The highest BCUT2D eigenvalue weighted by Gasteiger charge is 2.29. The molecule has 2 unspecified atom stereocenters. The van der Waals surface area contributed by atoms with E-state index in [2.05, 4.69) is 6.07 Å². The molecule has 2 atom stereocenters. The lowest BCUT2D eigenvalue weighted by Gasteiger charge is -2.14. The molecule has 2 N–H and O–H groups in total. The fraction of sp³-hybridized carbons (Fsp3) is 0.417. The number of nitriles is 1. The van der Waals surface area contributed by atoms with Crippen LogP contribution >= 0.6 is 0 Å². The number of likely N-dealkylation sites (tertiary alicyclic amines) is 1. The van der Waals surface area contributed by atoms with E-state index in [-0.39, 0.29) is 0 Å². The van der Waals surface area contributed by atoms with E-state index < -0.39 is 12.2 Å². The second-order valence-corrected chi connectivity index (χ2v) is 4.14. The molecule has 1 heterocycles. The van der Waals surface area contributed by atoms with Gasteiger partial charge in [-0.15, -0.1) is 0 Å². The van der Waals surface area contributed by atoms with Crippen LogP contribution in [0.15, 0.2) is 24.3 Å². The van der Waals surface area contributed by atoms with E-state index in [1.165, 1.54) is 0 Å². The van der Waals surface area contributed by atoms with Crippen LogP contribution in [0, 0.1) is 11.3 Å². The summed E-state index contributed by atoms with van der Waals surface area (Å²) in [5.74, 6) is 0. The van der Waals surface area contributed by atoms with Gasteiger partial charge >= 0.3 is 0 Å². The highest BCUT2D eigenvalue weighted by Crippen LogP contribution is 2.14. The Labute approximate surface area is 94.4 Å². The largest absolute Gasteiger partial charge is 0.389 e. The van der Waals surface area contributed by atoms with Gasteiger partial charge in [-0.3, -0.25) is 4.90 Å². The van der Waals surface area contributed by atoms with E-state index in [9.17, 15) is 10.2 Å². The van der Waals surface area contributed by atoms with E-state index in [1.54, 1.807) is 6.07 Å². The van der Waals surface area contributed by atoms with Gasteiger partial charge in [0.1, 0.15) is 0 Å². The molecule has 0 aliphatic carbocycles. The van der Waals surface area contributed by atoms with Crippen molar-refractivity contribution in [2.45, 2.75) is 18.8 Å². The Morgan fingerprint density at radius 2 is 2.00 bits per heavy atom. The summed E-state index contributed by atoms with van der Waals surface area (Å²) >= 11 is 0. The van der Waals surface area contributed by atoms with Crippen molar-refractivity contribution in [3.05, 3.63) is 35.4 Å². The van der Waals surface area contributed by atoms with Gasteiger partial charge in [0, 0.05) is 19.6 Å². The minimum Gasteiger partial charge on any atom is -0.389 e. The molecule has 0 radical (unpaired) electrons. The summed E-state index contributed by atoms with van der Waals surface area (Å²) in [4.78, 5) is 1.98. The van der Waals surface area contributed by atoms with Crippen LogP contribution in [-0.2, 0) is 6.54 Å². The molecule has 84 valence electrons. The van der Waals surface area contributed by atoms with E-state index in [0.717, 1.165) is 5.56 Å². The molecular weight excluding hydrogens is 204 g/mol. The van der Waals surface area contributed by atoms with E-state index in [0.29, 0.717) is 25.2 Å². The maximum atomic E-state index is 9.40. The van der Waals surface area contributed by atoms with Crippen LogP contribution in [0.5, 0.6) is 0 Å². The molecular formula is C12H14N2O2. The lowest BCUT2D eigenvalue weighted by atomic mass is 10.1. The molecule has 1 saturated heterocycles. The zero-order valence-corrected chi connectivity index (χ0v) is 8.87. The Hall–Kier alpha value is -1.41. The Kier molecular flexibility index (Phi) is 3.20. The first-order valence-electron chi connectivity index (χ1n) is 5.26. The minimum absolute atomic E-state index is 0.484. The van der Waals surface area contributed by atoms with Gasteiger partial charge in [-0.2, -0.15) is 5.26 Å². The summed E-state index contributed by atoms with van der Waals surface area (Å²) in [6.07, 6.45) is -1.31. The highest BCUT2D eigenvalue weighted by molar-refractivity contribution is 5.32. The van der Waals surface area contributed by atoms with Crippen molar-refractivity contribution in [3.8, 4) is 6.07 Å². The van der Waals surface area contributed by atoms with Gasteiger partial charge in [-0.1, -0.05) is 12.1 Å². The first-order chi connectivity index (χ1) is 7.69. The van der Waals surface area contributed by atoms with Gasteiger partial charge in [-0.25, -0.2) is 0 Å². The van der Waals surface area contributed by atoms with Gasteiger partial charge in [0.15, 0.2) is 0 Å². The zero-order valence-electron chi connectivity index (χ0n) is 8.87. The normalized spacial score (nSPS) is 25.6. The fourth-order valence-electron chi connectivity index (χ4n) is 1.97. The number of benzene rings is 1. The molecule has 0 amide bonds. The first-order valence-corrected chi connectivity index (χ1v) is 5.26. The van der Waals surface area contributed by atoms with Crippen LogP contribution in [0.3, 0.4) is 0 Å². The Morgan fingerprint density at radius 1 is 1.31 bits per heavy atom. The zero-order chi connectivity index (χ0) is 11.5. The van der Waals surface area contributed by atoms with E-state index in [4.69, 9.17) is 5.26 Å². The standard InChI is InChI=1S/C12H14N2O2/c13-5-9-2-1-3-10(4-9)6-14-7-11(15)12(16)8-14/h1-4,11-12,15-16H,6-8H2. The van der Waals surface area contributed by atoms with Crippen LogP contribution < -0.4 is 0 Å². The SMILES string of the molecule is N#Cc1cccc(CN2CC(O)C(O)C2)c1. The maximum Gasteiger partial charge on any atom is 0.0991 e. The molecule has 1 aromatic rings. The second-order valence-electron chi connectivity index (χ2n) is 4.14. The van der Waals surface area contributed by atoms with Crippen molar-refractivity contribution in [1.82, 2.24) is 4.90 Å². The fourth-order valence-corrected chi connectivity index (χ4v) is 1.97. The van der Waals surface area contributed by atoms with Gasteiger partial charge < -0.3 is 10.2 Å². The van der Waals surface area contributed by atoms with E-state index in [1.807, 2.05) is 23.1 Å². The van der Waals surface area contributed by atoms with Gasteiger partial charge in [0.25, 0.3) is 0 Å². The molecule has 16 heavy (non-hydrogen) atoms. The van der Waals surface area contributed by atoms with Gasteiger partial charge in [0.2, 0.25) is 0 Å². The number of aliphatic hydroxyl groups excluding tert-OH is 2. The smallest absolute Gasteiger partial charge is 0.0991 e. The molecule has 0 saturated carbocycles. The highest BCUT2D eigenvalue weighted by atomic mass is 16.3. The Morgan fingerprint density at radius 3 is 2.62 bits per heavy atom. The van der Waals surface area contributed by atoms with Crippen LogP contribution in [0.1, 0.15) is 11.1 Å². The molecule has 1 aromatic carbocycles. The molecule has 2 rings (SSSR count). The number of nitrogens with zero attached hydrogens (tertiary/aromatic N) is 2. The molecule has 1 aliphatic heterocycles. The molecule has 4 heteroatoms. The van der Waals surface area contributed by atoms with Crippen molar-refractivity contribution in [1.29, 1.82) is 5.26 Å². The average molecular weight is 218 g/mol. The molecule has 0 spiro atoms. The Balaban J connectivity index is 2.02. The second kappa shape index (κ2) is 4.62. The molecule has 4 nitrogen and oxygen atoms in total. The minimum atomic E-state index is -0.654. The maximum absolute atomic E-state index is 9.40. The van der Waals surface area contributed by atoms with Crippen LogP contribution in [-0.4, -0.2) is 40.4 Å². The Bertz CT molecular complexity index is 404. The van der Waals surface area contributed by atoms with Crippen molar-refractivity contribution in [2.24, 2.45) is 0 Å². The topological polar surface area (TPSA) is 67.5 Å². The average Bonchev–Trinajstić information content (AvgIpc) is 2.58. The van der Waals surface area contributed by atoms with Crippen LogP contribution in [0.25, 0.3) is 0 Å². The number of aliphatic hydroxyl groups is 2. The predicted molar refractivity (Wildman–Crippen MR) is 58.4 cm³/mol. The van der Waals surface area contributed by atoms with Gasteiger partial charge in [0.05, 0.1) is 23.8 Å². The molecule has 1 fully saturated rings. The van der Waals surface area contributed by atoms with Crippen molar-refractivity contribution < 1.29 is 10.2 Å². The summed E-state index contributed by atoms with van der Waals surface area (Å²) in [7, 11) is 0.